The lowest BCUT2D eigenvalue weighted by atomic mass is 9.94. The van der Waals surface area contributed by atoms with Gasteiger partial charge in [0.2, 0.25) is 0 Å². The van der Waals surface area contributed by atoms with E-state index >= 15 is 0 Å². The summed E-state index contributed by atoms with van der Waals surface area (Å²) >= 11 is 9.75. The molecule has 102 valence electrons. The summed E-state index contributed by atoms with van der Waals surface area (Å²) in [6.07, 6.45) is 3.51. The molecule has 0 spiro atoms. The van der Waals surface area contributed by atoms with Gasteiger partial charge in [-0.15, -0.1) is 0 Å². The number of rotatable bonds is 7. The van der Waals surface area contributed by atoms with E-state index in [1.165, 1.54) is 12.0 Å². The molecule has 1 rings (SSSR count). The van der Waals surface area contributed by atoms with Crippen molar-refractivity contribution < 1.29 is 0 Å². The summed E-state index contributed by atoms with van der Waals surface area (Å²) in [6.45, 7) is 7.79. The standard InChI is InChI=1S/C15H23BrClN/c1-4-8-18-15(9-11(3)5-2)13-10-12(17)6-7-14(13)16/h6-7,10-11,15,18H,4-5,8-9H2,1-3H3. The molecule has 3 heteroatoms. The Morgan fingerprint density at radius 1 is 1.33 bits per heavy atom. The quantitative estimate of drug-likeness (QED) is 0.687. The average Bonchev–Trinajstić information content (AvgIpc) is 2.37. The fourth-order valence-corrected chi connectivity index (χ4v) is 2.69. The SMILES string of the molecule is CCCNC(CC(C)CC)c1cc(Cl)ccc1Br. The lowest BCUT2D eigenvalue weighted by Gasteiger charge is -2.23. The minimum atomic E-state index is 0.382. The molecule has 1 aromatic rings. The number of benzene rings is 1. The predicted molar refractivity (Wildman–Crippen MR) is 84.3 cm³/mol. The van der Waals surface area contributed by atoms with Gasteiger partial charge in [0, 0.05) is 15.5 Å². The number of hydrogen-bond donors (Lipinski definition) is 1. The zero-order chi connectivity index (χ0) is 13.5. The van der Waals surface area contributed by atoms with Gasteiger partial charge < -0.3 is 5.32 Å². The van der Waals surface area contributed by atoms with Crippen molar-refractivity contribution in [2.24, 2.45) is 5.92 Å². The summed E-state index contributed by atoms with van der Waals surface area (Å²) in [7, 11) is 0. The highest BCUT2D eigenvalue weighted by Gasteiger charge is 2.16. The molecule has 0 aliphatic heterocycles. The summed E-state index contributed by atoms with van der Waals surface area (Å²) in [4.78, 5) is 0. The minimum Gasteiger partial charge on any atom is -0.310 e. The Kier molecular flexibility index (Phi) is 7.28. The van der Waals surface area contributed by atoms with Gasteiger partial charge in [0.05, 0.1) is 0 Å². The van der Waals surface area contributed by atoms with E-state index in [1.54, 1.807) is 0 Å². The zero-order valence-corrected chi connectivity index (χ0v) is 13.8. The minimum absolute atomic E-state index is 0.382. The van der Waals surface area contributed by atoms with Gasteiger partial charge in [-0.3, -0.25) is 0 Å². The van der Waals surface area contributed by atoms with Crippen LogP contribution in [0.15, 0.2) is 22.7 Å². The second-order valence-corrected chi connectivity index (χ2v) is 6.21. The van der Waals surface area contributed by atoms with Crippen molar-refractivity contribution >= 4 is 27.5 Å². The summed E-state index contributed by atoms with van der Waals surface area (Å²) in [5, 5.41) is 4.44. The van der Waals surface area contributed by atoms with Crippen LogP contribution in [0.1, 0.15) is 51.6 Å². The van der Waals surface area contributed by atoms with Gasteiger partial charge in [0.15, 0.2) is 0 Å². The van der Waals surface area contributed by atoms with Crippen LogP contribution in [0.3, 0.4) is 0 Å². The average molecular weight is 333 g/mol. The van der Waals surface area contributed by atoms with Gasteiger partial charge in [-0.2, -0.15) is 0 Å². The Morgan fingerprint density at radius 3 is 2.67 bits per heavy atom. The highest BCUT2D eigenvalue weighted by molar-refractivity contribution is 9.10. The van der Waals surface area contributed by atoms with Crippen molar-refractivity contribution in [2.75, 3.05) is 6.54 Å². The molecule has 0 aliphatic carbocycles. The third-order valence-electron chi connectivity index (χ3n) is 3.31. The van der Waals surface area contributed by atoms with Crippen molar-refractivity contribution in [1.82, 2.24) is 5.32 Å². The van der Waals surface area contributed by atoms with E-state index < -0.39 is 0 Å². The molecular weight excluding hydrogens is 310 g/mol. The van der Waals surface area contributed by atoms with E-state index in [4.69, 9.17) is 11.6 Å². The third-order valence-corrected chi connectivity index (χ3v) is 4.27. The summed E-state index contributed by atoms with van der Waals surface area (Å²) < 4.78 is 1.14. The van der Waals surface area contributed by atoms with E-state index in [-0.39, 0.29) is 0 Å². The van der Waals surface area contributed by atoms with Crippen molar-refractivity contribution in [3.05, 3.63) is 33.3 Å². The van der Waals surface area contributed by atoms with Crippen molar-refractivity contribution in [3.63, 3.8) is 0 Å². The maximum atomic E-state index is 6.12. The molecule has 2 unspecified atom stereocenters. The lowest BCUT2D eigenvalue weighted by Crippen LogP contribution is -2.24. The molecule has 0 bridgehead atoms. The fraction of sp³-hybridized carbons (Fsp3) is 0.600. The monoisotopic (exact) mass is 331 g/mol. The van der Waals surface area contributed by atoms with Crippen molar-refractivity contribution in [3.8, 4) is 0 Å². The molecular formula is C15H23BrClN. The molecule has 1 N–H and O–H groups in total. The Hall–Kier alpha value is -0.0500. The number of nitrogens with one attached hydrogen (secondary N) is 1. The topological polar surface area (TPSA) is 12.0 Å². The summed E-state index contributed by atoms with van der Waals surface area (Å²) in [5.74, 6) is 0.713. The van der Waals surface area contributed by atoms with Crippen LogP contribution >= 0.6 is 27.5 Å². The largest absolute Gasteiger partial charge is 0.310 e. The van der Waals surface area contributed by atoms with E-state index in [0.717, 1.165) is 28.9 Å². The van der Waals surface area contributed by atoms with Crippen molar-refractivity contribution in [2.45, 2.75) is 46.1 Å². The van der Waals surface area contributed by atoms with Crippen LogP contribution in [0.2, 0.25) is 5.02 Å². The molecule has 0 heterocycles. The number of halogens is 2. The molecule has 0 saturated heterocycles. The molecule has 0 amide bonds. The first-order valence-corrected chi connectivity index (χ1v) is 7.93. The Morgan fingerprint density at radius 2 is 2.06 bits per heavy atom. The first-order chi connectivity index (χ1) is 8.58. The molecule has 0 aromatic heterocycles. The van der Waals surface area contributed by atoms with Gasteiger partial charge in [-0.1, -0.05) is 54.7 Å². The van der Waals surface area contributed by atoms with Gasteiger partial charge >= 0.3 is 0 Å². The van der Waals surface area contributed by atoms with Crippen LogP contribution in [-0.2, 0) is 0 Å². The third kappa shape index (κ3) is 4.91. The van der Waals surface area contributed by atoms with E-state index in [0.29, 0.717) is 12.0 Å². The highest BCUT2D eigenvalue weighted by atomic mass is 79.9. The molecule has 1 aromatic carbocycles. The smallest absolute Gasteiger partial charge is 0.0410 e. The maximum absolute atomic E-state index is 6.12. The summed E-state index contributed by atoms with van der Waals surface area (Å²) in [5.41, 5.74) is 1.27. The van der Waals surface area contributed by atoms with Crippen LogP contribution in [0, 0.1) is 5.92 Å². The van der Waals surface area contributed by atoms with Crippen LogP contribution in [0.25, 0.3) is 0 Å². The first-order valence-electron chi connectivity index (χ1n) is 6.76. The fourth-order valence-electron chi connectivity index (χ4n) is 1.99. The molecule has 0 radical (unpaired) electrons. The van der Waals surface area contributed by atoms with Crippen LogP contribution in [0.4, 0.5) is 0 Å². The second kappa shape index (κ2) is 8.19. The first kappa shape index (κ1) is 16.0. The van der Waals surface area contributed by atoms with Gasteiger partial charge in [-0.25, -0.2) is 0 Å². The Bertz CT molecular complexity index is 368. The lowest BCUT2D eigenvalue weighted by molar-refractivity contribution is 0.401. The molecule has 0 fully saturated rings. The maximum Gasteiger partial charge on any atom is 0.0410 e. The molecule has 18 heavy (non-hydrogen) atoms. The second-order valence-electron chi connectivity index (χ2n) is 4.92. The number of hydrogen-bond acceptors (Lipinski definition) is 1. The van der Waals surface area contributed by atoms with Crippen LogP contribution < -0.4 is 5.32 Å². The zero-order valence-electron chi connectivity index (χ0n) is 11.5. The molecule has 2 atom stereocenters. The van der Waals surface area contributed by atoms with Gasteiger partial charge in [0.25, 0.3) is 0 Å². The Balaban J connectivity index is 2.89. The summed E-state index contributed by atoms with van der Waals surface area (Å²) in [6, 6.07) is 6.42. The molecule has 0 aliphatic rings. The molecule has 1 nitrogen and oxygen atoms in total. The van der Waals surface area contributed by atoms with E-state index in [9.17, 15) is 0 Å². The van der Waals surface area contributed by atoms with E-state index in [2.05, 4.69) is 48.1 Å². The Labute approximate surface area is 124 Å². The van der Waals surface area contributed by atoms with Gasteiger partial charge in [-0.05, 0) is 49.1 Å². The highest BCUT2D eigenvalue weighted by Crippen LogP contribution is 2.31. The van der Waals surface area contributed by atoms with Crippen LogP contribution in [-0.4, -0.2) is 6.54 Å². The predicted octanol–water partition coefficient (Wildman–Crippen LogP) is 5.58. The van der Waals surface area contributed by atoms with Crippen molar-refractivity contribution in [1.29, 1.82) is 0 Å². The van der Waals surface area contributed by atoms with Gasteiger partial charge in [0.1, 0.15) is 0 Å². The normalized spacial score (nSPS) is 14.5. The van der Waals surface area contributed by atoms with Crippen LogP contribution in [0.5, 0.6) is 0 Å². The molecule has 0 saturated carbocycles. The van der Waals surface area contributed by atoms with E-state index in [1.807, 2.05) is 12.1 Å².